The number of amides is 4. The lowest BCUT2D eigenvalue weighted by Crippen LogP contribution is -2.53. The van der Waals surface area contributed by atoms with E-state index < -0.39 is 120 Å². The number of carbonyl (C=O) groups is 4. The summed E-state index contributed by atoms with van der Waals surface area (Å²) in [6.07, 6.45) is -19.5. The minimum atomic E-state index is -5.93. The van der Waals surface area contributed by atoms with Gasteiger partial charge in [0, 0.05) is 72.6 Å². The van der Waals surface area contributed by atoms with E-state index in [1.54, 1.807) is 128 Å². The van der Waals surface area contributed by atoms with Crippen LogP contribution in [0, 0.1) is 71.0 Å². The van der Waals surface area contributed by atoms with Crippen molar-refractivity contribution in [3.63, 3.8) is 0 Å². The number of hydrogen-bond donors (Lipinski definition) is 2. The summed E-state index contributed by atoms with van der Waals surface area (Å²) in [4.78, 5) is 50.3. The van der Waals surface area contributed by atoms with Crippen molar-refractivity contribution in [2.45, 2.75) is 158 Å². The van der Waals surface area contributed by atoms with Crippen molar-refractivity contribution in [1.82, 2.24) is 0 Å². The Balaban J connectivity index is 0.000000165. The van der Waals surface area contributed by atoms with Gasteiger partial charge in [0.05, 0.1) is 49.2 Å². The number of fused-ring (bicyclic) bond motifs is 4. The number of benzene rings is 8. The van der Waals surface area contributed by atoms with Crippen molar-refractivity contribution in [1.29, 1.82) is 0 Å². The lowest BCUT2D eigenvalue weighted by molar-refractivity contribution is -0.240. The number of cyclic esters (lactones) is 4. The van der Waals surface area contributed by atoms with Crippen LogP contribution in [0.3, 0.4) is 0 Å². The molecule has 0 radical (unpaired) electrons. The van der Waals surface area contributed by atoms with Gasteiger partial charge >= 0.3 is 79.9 Å². The van der Waals surface area contributed by atoms with Crippen molar-refractivity contribution in [2.75, 3.05) is 39.6 Å². The number of hydrogen-bond acceptors (Lipinski definition) is 17. The first-order valence-corrected chi connectivity index (χ1v) is 47.4. The Kier molecular flexibility index (Phi) is 33.7. The summed E-state index contributed by atoms with van der Waals surface area (Å²) < 4.78 is 298. The van der Waals surface area contributed by atoms with E-state index in [4.69, 9.17) is 74.0 Å². The van der Waals surface area contributed by atoms with Crippen LogP contribution in [0.2, 0.25) is 20.1 Å². The van der Waals surface area contributed by atoms with Crippen molar-refractivity contribution in [3.8, 4) is 47.4 Å². The van der Waals surface area contributed by atoms with E-state index in [1.807, 2.05) is 0 Å². The van der Waals surface area contributed by atoms with Crippen molar-refractivity contribution < 1.29 is 144 Å². The summed E-state index contributed by atoms with van der Waals surface area (Å²) in [6, 6.07) is 49.7. The molecule has 4 saturated carbocycles. The van der Waals surface area contributed by atoms with Crippen molar-refractivity contribution >= 4 is 119 Å². The predicted molar refractivity (Wildman–Crippen MR) is 469 cm³/mol. The third kappa shape index (κ3) is 26.8. The monoisotopic (exact) mass is 2030 g/mol. The van der Waals surface area contributed by atoms with Gasteiger partial charge in [-0.15, -0.1) is 0 Å². The molecule has 4 aliphatic heterocycles. The van der Waals surface area contributed by atoms with Gasteiger partial charge in [0.25, 0.3) is 22.4 Å². The van der Waals surface area contributed by atoms with Crippen molar-refractivity contribution in [3.05, 3.63) is 259 Å². The second-order valence-corrected chi connectivity index (χ2v) is 38.2. The van der Waals surface area contributed by atoms with Gasteiger partial charge in [-0.25, -0.2) is 19.2 Å². The van der Waals surface area contributed by atoms with Gasteiger partial charge in [0.15, 0.2) is 6.35 Å². The SMILES string of the molecule is CCC.CCN1C(=O)O[C@](C#CC2CC2)(C(F)(F)F)c2cc(Cl)ccc21.O=C1Nc2ccc(Cl)cc2[C@@](C#CC2CC2)(C(F)(F)F)O1.O=C1Nc2ccc(Cl)cc2[C@@](C#CC2CC2)(C(F)(F)F)O1.O=C1O[C@](C#CC2CC2)(C(F)(F)F)c2cc(Cl)ccc2N1CP(=O)(OCc1ccccc1)OCc1ccccc1.O=P(COS(=O)(=O)C(F)(F)F)(OCc1ccccc1)OCc1ccccc1. The molecule has 43 heteroatoms. The van der Waals surface area contributed by atoms with E-state index in [0.29, 0.717) is 35.1 Å². The molecular formula is C92H79Cl4F15N4O17P2S. The highest BCUT2D eigenvalue weighted by atomic mass is 35.5. The predicted octanol–water partition coefficient (Wildman–Crippen LogP) is 26.5. The van der Waals surface area contributed by atoms with E-state index in [9.17, 15) is 103 Å². The fourth-order valence-corrected chi connectivity index (χ4v) is 16.8. The van der Waals surface area contributed by atoms with E-state index in [-0.39, 0.29) is 116 Å². The number of halogens is 19. The first kappa shape index (κ1) is 105. The normalized spacial score (nSPS) is 19.9. The molecule has 8 aliphatic rings. The number of alkyl halides is 15. The van der Waals surface area contributed by atoms with Crippen LogP contribution in [0.5, 0.6) is 0 Å². The van der Waals surface area contributed by atoms with Crippen LogP contribution in [-0.2, 0) is 109 Å². The lowest BCUT2D eigenvalue weighted by atomic mass is 9.89. The summed E-state index contributed by atoms with van der Waals surface area (Å²) >= 11 is 23.5. The van der Waals surface area contributed by atoms with Gasteiger partial charge in [0.1, 0.15) is 6.29 Å². The summed E-state index contributed by atoms with van der Waals surface area (Å²) in [7, 11) is -14.4. The zero-order chi connectivity index (χ0) is 98.4. The molecule has 4 fully saturated rings. The maximum Gasteiger partial charge on any atom is 0.523 e. The second-order valence-electron chi connectivity index (χ2n) is 30.8. The Labute approximate surface area is 785 Å². The third-order valence-electron chi connectivity index (χ3n) is 19.9. The van der Waals surface area contributed by atoms with Crippen molar-refractivity contribution in [2.24, 2.45) is 23.7 Å². The number of nitrogens with one attached hydrogen (secondary N) is 2. The highest BCUT2D eigenvalue weighted by Gasteiger charge is 2.67. The quantitative estimate of drug-likeness (QED) is 0.0202. The summed E-state index contributed by atoms with van der Waals surface area (Å²) in [5.41, 5.74) is -16.7. The van der Waals surface area contributed by atoms with Crippen LogP contribution < -0.4 is 20.4 Å². The van der Waals surface area contributed by atoms with E-state index in [1.165, 1.54) is 61.0 Å². The third-order valence-corrected chi connectivity index (χ3v) is 25.2. The Bertz CT molecular complexity index is 5910. The average Bonchev–Trinajstić information content (AvgIpc) is 1.18. The molecule has 0 saturated heterocycles. The molecule has 4 amide bonds. The van der Waals surface area contributed by atoms with E-state index >= 15 is 0 Å². The minimum absolute atomic E-state index is 0.00179. The molecule has 0 aromatic heterocycles. The van der Waals surface area contributed by atoms with E-state index in [2.05, 4.69) is 85.5 Å². The first-order valence-electron chi connectivity index (χ1n) is 41.0. The standard InChI is InChI=1S/C29H24ClF3NO5P.C16H13ClF3NO2.C16H16F3O6PS.2C14H9ClF3NO2.C3H8/c30-24-13-14-26-25(17-24)28(29(31,32)33,16-15-21-11-12-21)39-27(35)34(26)20-40(36,37-18-22-7-3-1-4-8-22)38-19-23-9-5-2-6-10-23;1-2-21-13-6-5-11(17)9-12(13)15(16(18,19)20,23-14(21)22)8-7-10-3-4-10;17-16(18,19)27(21,22)25-13-26(20,23-11-14-7-3-1-4-8-14)24-12-15-9-5-2-6-10-15;2*15-9-3-4-11-10(7-9)13(14(16,17)18,21-12(20)19-11)6-5-8-1-2-8;1-3-2/h1-10,13-14,17,21H,11-12,18-20H2;5-6,9-10H,2-4H2,1H3;1-10H,11-13H2;2*3-4,7-8H,1-2H2,(H,19,20);3H2,1-2H3/t28-;15-;;2*13-;/m00.00./s1. The number of carbonyl (C=O) groups excluding carboxylic acids is 4. The number of nitrogens with zero attached hydrogens (tertiary/aromatic N) is 2. The smallest absolute Gasteiger partial charge is 0.415 e. The lowest BCUT2D eigenvalue weighted by Gasteiger charge is -2.40. The van der Waals surface area contributed by atoms with Crippen LogP contribution in [0.1, 0.15) is 123 Å². The van der Waals surface area contributed by atoms with E-state index in [0.717, 1.165) is 66.5 Å². The summed E-state index contributed by atoms with van der Waals surface area (Å²) in [6.45, 7) is 5.31. The molecular weight excluding hydrogens is 1950 g/mol. The molecule has 4 aliphatic carbocycles. The van der Waals surface area contributed by atoms with Gasteiger partial charge in [-0.1, -0.05) is 212 Å². The molecule has 4 heterocycles. The Morgan fingerprint density at radius 2 is 0.659 bits per heavy atom. The molecule has 21 nitrogen and oxygen atoms in total. The number of rotatable bonds is 18. The fraction of sp³-hybridized carbons (Fsp3) is 0.348. The van der Waals surface area contributed by atoms with Gasteiger partial charge in [-0.3, -0.25) is 33.7 Å². The molecule has 4 atom stereocenters. The molecule has 8 aromatic rings. The molecule has 0 unspecified atom stereocenters. The molecule has 8 aromatic carbocycles. The van der Waals surface area contributed by atoms with Crippen LogP contribution in [0.25, 0.3) is 0 Å². The molecule has 2 N–H and O–H groups in total. The average molecular weight is 2030 g/mol. The minimum Gasteiger partial charge on any atom is -0.415 e. The number of anilines is 4. The Morgan fingerprint density at radius 1 is 0.393 bits per heavy atom. The molecule has 0 spiro atoms. The molecule has 135 heavy (non-hydrogen) atoms. The molecule has 0 bridgehead atoms. The molecule has 718 valence electrons. The summed E-state index contributed by atoms with van der Waals surface area (Å²) in [5.74, 6) is 18.5. The fourth-order valence-electron chi connectivity index (χ4n) is 12.5. The maximum atomic E-state index is 14.6. The zero-order valence-corrected chi connectivity index (χ0v) is 76.5. The Hall–Kier alpha value is -10.6. The van der Waals surface area contributed by atoms with Gasteiger partial charge in [-0.2, -0.15) is 74.3 Å². The largest absolute Gasteiger partial charge is 0.523 e. The topological polar surface area (TPSA) is 250 Å². The summed E-state index contributed by atoms with van der Waals surface area (Å²) in [5, 5.41) is 4.79. The van der Waals surface area contributed by atoms with Crippen LogP contribution in [0.15, 0.2) is 194 Å². The Morgan fingerprint density at radius 3 is 0.941 bits per heavy atom. The van der Waals surface area contributed by atoms with Gasteiger partial charge in [0.2, 0.25) is 0 Å². The van der Waals surface area contributed by atoms with Crippen LogP contribution in [0.4, 0.5) is 108 Å². The first-order chi connectivity index (χ1) is 63.5. The second kappa shape index (κ2) is 43.4. The van der Waals surface area contributed by atoms with Gasteiger partial charge < -0.3 is 37.0 Å². The highest BCUT2D eigenvalue weighted by Crippen LogP contribution is 2.58. The molecule has 16 rings (SSSR count). The van der Waals surface area contributed by atoms with Crippen LogP contribution >= 0.6 is 61.6 Å². The van der Waals surface area contributed by atoms with Gasteiger partial charge in [-0.05, 0) is 177 Å². The maximum absolute atomic E-state index is 14.6. The van der Waals surface area contributed by atoms with Crippen LogP contribution in [-0.4, -0.2) is 82.2 Å². The zero-order valence-electron chi connectivity index (χ0n) is 70.9. The highest BCUT2D eigenvalue weighted by molar-refractivity contribution is 7.87. The number of ether oxygens (including phenoxy) is 4.